The zero-order chi connectivity index (χ0) is 14.9. The molecule has 2 rings (SSSR count). The predicted molar refractivity (Wildman–Crippen MR) is 80.5 cm³/mol. The lowest BCUT2D eigenvalue weighted by Crippen LogP contribution is -1.95. The summed E-state index contributed by atoms with van der Waals surface area (Å²) < 4.78 is 5.67. The van der Waals surface area contributed by atoms with Crippen molar-refractivity contribution in [1.82, 2.24) is 0 Å². The number of aliphatic hydroxyl groups is 1. The largest absolute Gasteiger partial charge is 0.489 e. The predicted octanol–water partition coefficient (Wildman–Crippen LogP) is 2.87. The summed E-state index contributed by atoms with van der Waals surface area (Å²) in [6.07, 6.45) is 0.478. The summed E-state index contributed by atoms with van der Waals surface area (Å²) in [7, 11) is 0. The summed E-state index contributed by atoms with van der Waals surface area (Å²) in [5.74, 6) is 6.62. The molecule has 0 atom stereocenters. The van der Waals surface area contributed by atoms with E-state index >= 15 is 0 Å². The lowest BCUT2D eigenvalue weighted by molar-refractivity contribution is 0.305. The molecular formula is C18H15NO2. The smallest absolute Gasteiger partial charge is 0.119 e. The fourth-order valence-electron chi connectivity index (χ4n) is 1.75. The second-order valence-electron chi connectivity index (χ2n) is 4.40. The standard InChI is InChI=1S/C18H15NO2/c19-13-16-7-9-18(10-8-16)21-14-17-6-3-5-15(12-17)4-1-2-11-20/h3,5-10,12,20H,2,11,14H2. The van der Waals surface area contributed by atoms with E-state index in [1.165, 1.54) is 0 Å². The first-order valence-corrected chi connectivity index (χ1v) is 6.63. The highest BCUT2D eigenvalue weighted by molar-refractivity contribution is 5.38. The van der Waals surface area contributed by atoms with Crippen molar-refractivity contribution in [2.24, 2.45) is 0 Å². The summed E-state index contributed by atoms with van der Waals surface area (Å²) in [5.41, 5.74) is 2.54. The molecule has 2 aromatic carbocycles. The van der Waals surface area contributed by atoms with Crippen molar-refractivity contribution in [3.8, 4) is 23.7 Å². The van der Waals surface area contributed by atoms with Crippen molar-refractivity contribution >= 4 is 0 Å². The minimum absolute atomic E-state index is 0.0779. The molecule has 0 saturated heterocycles. The molecule has 0 saturated carbocycles. The zero-order valence-corrected chi connectivity index (χ0v) is 11.5. The number of benzene rings is 2. The second-order valence-corrected chi connectivity index (χ2v) is 4.40. The molecule has 0 aliphatic rings. The van der Waals surface area contributed by atoms with Crippen molar-refractivity contribution in [2.75, 3.05) is 6.61 Å². The first kappa shape index (κ1) is 14.7. The quantitative estimate of drug-likeness (QED) is 0.874. The van der Waals surface area contributed by atoms with E-state index in [-0.39, 0.29) is 6.61 Å². The molecule has 2 aromatic rings. The van der Waals surface area contributed by atoms with Gasteiger partial charge >= 0.3 is 0 Å². The number of hydrogen-bond donors (Lipinski definition) is 1. The third-order valence-electron chi connectivity index (χ3n) is 2.79. The van der Waals surface area contributed by atoms with Crippen LogP contribution in [0.2, 0.25) is 0 Å². The summed E-state index contributed by atoms with van der Waals surface area (Å²) in [5, 5.41) is 17.4. The van der Waals surface area contributed by atoms with E-state index in [2.05, 4.69) is 17.9 Å². The van der Waals surface area contributed by atoms with Crippen molar-refractivity contribution in [3.63, 3.8) is 0 Å². The molecule has 104 valence electrons. The van der Waals surface area contributed by atoms with Gasteiger partial charge in [0.2, 0.25) is 0 Å². The van der Waals surface area contributed by atoms with Gasteiger partial charge in [0.25, 0.3) is 0 Å². The molecule has 0 aromatic heterocycles. The average molecular weight is 277 g/mol. The van der Waals surface area contributed by atoms with Crippen molar-refractivity contribution in [3.05, 3.63) is 65.2 Å². The third-order valence-corrected chi connectivity index (χ3v) is 2.79. The maximum atomic E-state index is 8.74. The molecule has 0 aliphatic carbocycles. The molecule has 1 N–H and O–H groups in total. The Balaban J connectivity index is 1.98. The number of rotatable bonds is 4. The third kappa shape index (κ3) is 4.69. The molecule has 0 fully saturated rings. The van der Waals surface area contributed by atoms with Gasteiger partial charge in [-0.25, -0.2) is 0 Å². The maximum absolute atomic E-state index is 8.74. The number of ether oxygens (including phenoxy) is 1. The lowest BCUT2D eigenvalue weighted by Gasteiger charge is -2.06. The van der Waals surface area contributed by atoms with Crippen LogP contribution in [0.3, 0.4) is 0 Å². The Morgan fingerprint density at radius 2 is 1.86 bits per heavy atom. The zero-order valence-electron chi connectivity index (χ0n) is 11.5. The van der Waals surface area contributed by atoms with Gasteiger partial charge in [0.15, 0.2) is 0 Å². The van der Waals surface area contributed by atoms with Crippen molar-refractivity contribution in [1.29, 1.82) is 5.26 Å². The van der Waals surface area contributed by atoms with E-state index in [4.69, 9.17) is 15.1 Å². The Kier molecular flexibility index (Phi) is 5.41. The molecule has 0 bridgehead atoms. The summed E-state index contributed by atoms with van der Waals surface area (Å²) in [6.45, 7) is 0.524. The molecule has 0 spiro atoms. The van der Waals surface area contributed by atoms with Crippen molar-refractivity contribution < 1.29 is 9.84 Å². The molecule has 21 heavy (non-hydrogen) atoms. The molecule has 0 heterocycles. The van der Waals surface area contributed by atoms with E-state index in [1.807, 2.05) is 24.3 Å². The van der Waals surface area contributed by atoms with Gasteiger partial charge in [-0.1, -0.05) is 24.0 Å². The Morgan fingerprint density at radius 1 is 1.05 bits per heavy atom. The van der Waals surface area contributed by atoms with Crippen LogP contribution in [0.5, 0.6) is 5.75 Å². The van der Waals surface area contributed by atoms with E-state index in [1.54, 1.807) is 24.3 Å². The highest BCUT2D eigenvalue weighted by Gasteiger charge is 1.98. The van der Waals surface area contributed by atoms with Gasteiger partial charge < -0.3 is 9.84 Å². The van der Waals surface area contributed by atoms with Crippen LogP contribution in [0.25, 0.3) is 0 Å². The van der Waals surface area contributed by atoms with Gasteiger partial charge in [-0.05, 0) is 42.0 Å². The number of nitriles is 1. The maximum Gasteiger partial charge on any atom is 0.119 e. The van der Waals surface area contributed by atoms with Crippen LogP contribution in [0, 0.1) is 23.2 Å². The molecule has 3 heteroatoms. The van der Waals surface area contributed by atoms with Gasteiger partial charge in [-0.3, -0.25) is 0 Å². The van der Waals surface area contributed by atoms with Crippen LogP contribution in [-0.2, 0) is 6.61 Å². The van der Waals surface area contributed by atoms with Gasteiger partial charge in [0.05, 0.1) is 18.2 Å². The Morgan fingerprint density at radius 3 is 2.57 bits per heavy atom. The van der Waals surface area contributed by atoms with Gasteiger partial charge in [-0.15, -0.1) is 0 Å². The number of hydrogen-bond acceptors (Lipinski definition) is 3. The van der Waals surface area contributed by atoms with E-state index in [0.717, 1.165) is 16.9 Å². The Labute approximate surface area is 124 Å². The van der Waals surface area contributed by atoms with Crippen LogP contribution in [0.15, 0.2) is 48.5 Å². The van der Waals surface area contributed by atoms with Crippen molar-refractivity contribution in [2.45, 2.75) is 13.0 Å². The molecule has 0 amide bonds. The first-order valence-electron chi connectivity index (χ1n) is 6.63. The monoisotopic (exact) mass is 277 g/mol. The average Bonchev–Trinajstić information content (AvgIpc) is 2.54. The van der Waals surface area contributed by atoms with E-state index in [9.17, 15) is 0 Å². The molecule has 3 nitrogen and oxygen atoms in total. The van der Waals surface area contributed by atoms with E-state index in [0.29, 0.717) is 18.6 Å². The van der Waals surface area contributed by atoms with Gasteiger partial charge in [-0.2, -0.15) is 5.26 Å². The highest BCUT2D eigenvalue weighted by atomic mass is 16.5. The molecule has 0 aliphatic heterocycles. The summed E-state index contributed by atoms with van der Waals surface area (Å²) in [6, 6.07) is 16.9. The molecular weight excluding hydrogens is 262 g/mol. The Hall–Kier alpha value is -2.75. The normalized spacial score (nSPS) is 9.33. The molecule has 0 radical (unpaired) electrons. The topological polar surface area (TPSA) is 53.2 Å². The van der Waals surface area contributed by atoms with Crippen LogP contribution in [0.4, 0.5) is 0 Å². The summed E-state index contributed by atoms with van der Waals surface area (Å²) >= 11 is 0. The fraction of sp³-hybridized carbons (Fsp3) is 0.167. The van der Waals surface area contributed by atoms with Crippen LogP contribution < -0.4 is 4.74 Å². The van der Waals surface area contributed by atoms with Gasteiger partial charge in [0.1, 0.15) is 12.4 Å². The van der Waals surface area contributed by atoms with Gasteiger partial charge in [0, 0.05) is 12.0 Å². The Bertz CT molecular complexity index is 688. The van der Waals surface area contributed by atoms with E-state index < -0.39 is 0 Å². The minimum Gasteiger partial charge on any atom is -0.489 e. The lowest BCUT2D eigenvalue weighted by atomic mass is 10.1. The fourth-order valence-corrected chi connectivity index (χ4v) is 1.75. The number of nitrogens with zero attached hydrogens (tertiary/aromatic N) is 1. The second kappa shape index (κ2) is 7.75. The summed E-state index contributed by atoms with van der Waals surface area (Å²) in [4.78, 5) is 0. The highest BCUT2D eigenvalue weighted by Crippen LogP contribution is 2.14. The molecule has 0 unspecified atom stereocenters. The SMILES string of the molecule is N#Cc1ccc(OCc2cccc(C#CCCO)c2)cc1. The van der Waals surface area contributed by atoms with Crippen LogP contribution in [-0.4, -0.2) is 11.7 Å². The first-order chi connectivity index (χ1) is 10.3. The number of aliphatic hydroxyl groups excluding tert-OH is 1. The van der Waals surface area contributed by atoms with Crippen LogP contribution in [0.1, 0.15) is 23.1 Å². The minimum atomic E-state index is 0.0779. The van der Waals surface area contributed by atoms with Crippen LogP contribution >= 0.6 is 0 Å².